The molecule has 5 nitrogen and oxygen atoms in total. The number of carbonyl (C=O) groups is 1. The van der Waals surface area contributed by atoms with Gasteiger partial charge in [-0.15, -0.1) is 0 Å². The van der Waals surface area contributed by atoms with Crippen molar-refractivity contribution in [1.29, 1.82) is 0 Å². The lowest BCUT2D eigenvalue weighted by molar-refractivity contribution is -0.123. The average Bonchev–Trinajstić information content (AvgIpc) is 2.46. The van der Waals surface area contributed by atoms with E-state index >= 15 is 0 Å². The minimum Gasteiger partial charge on any atom is -0.377 e. The van der Waals surface area contributed by atoms with Crippen molar-refractivity contribution in [1.82, 2.24) is 15.1 Å². The predicted octanol–water partition coefficient (Wildman–Crippen LogP) is 1.09. The van der Waals surface area contributed by atoms with Gasteiger partial charge in [0.15, 0.2) is 0 Å². The molecule has 5 heteroatoms. The molecule has 0 bridgehead atoms. The summed E-state index contributed by atoms with van der Waals surface area (Å²) in [6, 6.07) is 0.347. The maximum absolute atomic E-state index is 11.3. The molecule has 1 amide bonds. The number of nitrogens with zero attached hydrogens (tertiary/aromatic N) is 2. The first kappa shape index (κ1) is 16.7. The van der Waals surface area contributed by atoms with Gasteiger partial charge in [-0.1, -0.05) is 13.8 Å². The van der Waals surface area contributed by atoms with Crippen LogP contribution in [-0.4, -0.2) is 73.7 Å². The third-order valence-corrected chi connectivity index (χ3v) is 4.55. The molecule has 2 rings (SSSR count). The lowest BCUT2D eigenvalue weighted by Crippen LogP contribution is -2.49. The number of piperazine rings is 1. The maximum atomic E-state index is 11.3. The largest absolute Gasteiger partial charge is 0.377 e. The molecule has 2 fully saturated rings. The first-order chi connectivity index (χ1) is 10.2. The SMILES string of the molecule is CCCN1CCN(CCOC2CC(NC(=O)CC)C2)CC1. The van der Waals surface area contributed by atoms with E-state index in [0.29, 0.717) is 18.6 Å². The van der Waals surface area contributed by atoms with Crippen molar-refractivity contribution in [3.63, 3.8) is 0 Å². The molecule has 0 spiro atoms. The van der Waals surface area contributed by atoms with Crippen LogP contribution in [0.15, 0.2) is 0 Å². The van der Waals surface area contributed by atoms with Gasteiger partial charge in [0, 0.05) is 45.2 Å². The van der Waals surface area contributed by atoms with Gasteiger partial charge in [0.25, 0.3) is 0 Å². The van der Waals surface area contributed by atoms with Crippen LogP contribution in [0.5, 0.6) is 0 Å². The Morgan fingerprint density at radius 3 is 2.29 bits per heavy atom. The van der Waals surface area contributed by atoms with Crippen LogP contribution in [-0.2, 0) is 9.53 Å². The van der Waals surface area contributed by atoms with E-state index in [1.807, 2.05) is 6.92 Å². The highest BCUT2D eigenvalue weighted by molar-refractivity contribution is 5.75. The molecular formula is C16H31N3O2. The fourth-order valence-corrected chi connectivity index (χ4v) is 3.05. The topological polar surface area (TPSA) is 44.8 Å². The number of hydrogen-bond acceptors (Lipinski definition) is 4. The van der Waals surface area contributed by atoms with Gasteiger partial charge >= 0.3 is 0 Å². The van der Waals surface area contributed by atoms with Gasteiger partial charge in [-0.05, 0) is 25.8 Å². The highest BCUT2D eigenvalue weighted by Crippen LogP contribution is 2.23. The Balaban J connectivity index is 1.47. The second-order valence-electron chi connectivity index (χ2n) is 6.27. The first-order valence-corrected chi connectivity index (χ1v) is 8.57. The molecule has 1 heterocycles. The summed E-state index contributed by atoms with van der Waals surface area (Å²) in [6.07, 6.45) is 4.15. The molecule has 1 saturated heterocycles. The van der Waals surface area contributed by atoms with Gasteiger partial charge in [0.05, 0.1) is 12.7 Å². The molecule has 0 aromatic carbocycles. The zero-order chi connectivity index (χ0) is 15.1. The molecule has 21 heavy (non-hydrogen) atoms. The molecule has 1 aliphatic heterocycles. The summed E-state index contributed by atoms with van der Waals surface area (Å²) in [4.78, 5) is 16.3. The van der Waals surface area contributed by atoms with Crippen molar-refractivity contribution in [2.24, 2.45) is 0 Å². The third-order valence-electron chi connectivity index (χ3n) is 4.55. The van der Waals surface area contributed by atoms with E-state index in [-0.39, 0.29) is 5.91 Å². The minimum atomic E-state index is 0.156. The van der Waals surface area contributed by atoms with Crippen molar-refractivity contribution >= 4 is 5.91 Å². The van der Waals surface area contributed by atoms with Gasteiger partial charge in [0.1, 0.15) is 0 Å². The predicted molar refractivity (Wildman–Crippen MR) is 84.4 cm³/mol. The highest BCUT2D eigenvalue weighted by atomic mass is 16.5. The molecule has 0 radical (unpaired) electrons. The lowest BCUT2D eigenvalue weighted by Gasteiger charge is -2.37. The van der Waals surface area contributed by atoms with Crippen LogP contribution >= 0.6 is 0 Å². The van der Waals surface area contributed by atoms with E-state index in [4.69, 9.17) is 4.74 Å². The number of amides is 1. The molecule has 1 aliphatic carbocycles. The molecule has 1 N–H and O–H groups in total. The Bertz CT molecular complexity index is 311. The van der Waals surface area contributed by atoms with Gasteiger partial charge < -0.3 is 15.0 Å². The number of carbonyl (C=O) groups excluding carboxylic acids is 1. The van der Waals surface area contributed by atoms with Crippen molar-refractivity contribution in [2.75, 3.05) is 45.9 Å². The Labute approximate surface area is 129 Å². The standard InChI is InChI=1S/C16H31N3O2/c1-3-5-18-6-8-19(9-7-18)10-11-21-15-12-14(13-15)17-16(20)4-2/h14-15H,3-13H2,1-2H3,(H,17,20). The molecular weight excluding hydrogens is 266 g/mol. The molecule has 0 aromatic rings. The fraction of sp³-hybridized carbons (Fsp3) is 0.938. The first-order valence-electron chi connectivity index (χ1n) is 8.57. The van der Waals surface area contributed by atoms with E-state index in [9.17, 15) is 4.79 Å². The second kappa shape index (κ2) is 8.71. The normalized spacial score (nSPS) is 27.3. The summed E-state index contributed by atoms with van der Waals surface area (Å²) in [7, 11) is 0. The van der Waals surface area contributed by atoms with Crippen LogP contribution in [0.4, 0.5) is 0 Å². The number of rotatable bonds is 8. The molecule has 2 aliphatic rings. The second-order valence-corrected chi connectivity index (χ2v) is 6.27. The maximum Gasteiger partial charge on any atom is 0.219 e. The lowest BCUT2D eigenvalue weighted by atomic mass is 9.89. The number of hydrogen-bond donors (Lipinski definition) is 1. The quantitative estimate of drug-likeness (QED) is 0.728. The zero-order valence-electron chi connectivity index (χ0n) is 13.6. The Morgan fingerprint density at radius 2 is 1.71 bits per heavy atom. The van der Waals surface area contributed by atoms with E-state index in [1.165, 1.54) is 39.1 Å². The smallest absolute Gasteiger partial charge is 0.219 e. The van der Waals surface area contributed by atoms with Crippen LogP contribution in [0.25, 0.3) is 0 Å². The summed E-state index contributed by atoms with van der Waals surface area (Å²) in [5, 5.41) is 3.02. The highest BCUT2D eigenvalue weighted by Gasteiger charge is 2.30. The Kier molecular flexibility index (Phi) is 6.93. The average molecular weight is 297 g/mol. The van der Waals surface area contributed by atoms with E-state index in [2.05, 4.69) is 22.0 Å². The van der Waals surface area contributed by atoms with Crippen LogP contribution in [0.3, 0.4) is 0 Å². The van der Waals surface area contributed by atoms with Crippen LogP contribution < -0.4 is 5.32 Å². The van der Waals surface area contributed by atoms with Crippen LogP contribution in [0, 0.1) is 0 Å². The molecule has 0 aromatic heterocycles. The molecule has 0 unspecified atom stereocenters. The van der Waals surface area contributed by atoms with Crippen molar-refractivity contribution in [2.45, 2.75) is 51.7 Å². The monoisotopic (exact) mass is 297 g/mol. The molecule has 0 atom stereocenters. The van der Waals surface area contributed by atoms with Crippen LogP contribution in [0.2, 0.25) is 0 Å². The summed E-state index contributed by atoms with van der Waals surface area (Å²) in [5.74, 6) is 0.156. The molecule has 1 saturated carbocycles. The Hall–Kier alpha value is -0.650. The van der Waals surface area contributed by atoms with E-state index < -0.39 is 0 Å². The number of nitrogens with one attached hydrogen (secondary N) is 1. The van der Waals surface area contributed by atoms with Crippen molar-refractivity contribution in [3.8, 4) is 0 Å². The summed E-state index contributed by atoms with van der Waals surface area (Å²) < 4.78 is 5.89. The summed E-state index contributed by atoms with van der Waals surface area (Å²) in [6.45, 7) is 12.0. The summed E-state index contributed by atoms with van der Waals surface area (Å²) in [5.41, 5.74) is 0. The van der Waals surface area contributed by atoms with Gasteiger partial charge in [-0.25, -0.2) is 0 Å². The summed E-state index contributed by atoms with van der Waals surface area (Å²) >= 11 is 0. The van der Waals surface area contributed by atoms with Crippen molar-refractivity contribution in [3.05, 3.63) is 0 Å². The minimum absolute atomic E-state index is 0.156. The Morgan fingerprint density at radius 1 is 1.10 bits per heavy atom. The fourth-order valence-electron chi connectivity index (χ4n) is 3.05. The van der Waals surface area contributed by atoms with Gasteiger partial charge in [-0.2, -0.15) is 0 Å². The van der Waals surface area contributed by atoms with Crippen LogP contribution in [0.1, 0.15) is 39.5 Å². The van der Waals surface area contributed by atoms with Gasteiger partial charge in [0.2, 0.25) is 5.91 Å². The van der Waals surface area contributed by atoms with Crippen molar-refractivity contribution < 1.29 is 9.53 Å². The number of ether oxygens (including phenoxy) is 1. The van der Waals surface area contributed by atoms with E-state index in [1.54, 1.807) is 0 Å². The van der Waals surface area contributed by atoms with E-state index in [0.717, 1.165) is 26.0 Å². The molecule has 122 valence electrons. The zero-order valence-corrected chi connectivity index (χ0v) is 13.6. The van der Waals surface area contributed by atoms with Gasteiger partial charge in [-0.3, -0.25) is 9.69 Å². The third kappa shape index (κ3) is 5.57.